The van der Waals surface area contributed by atoms with Crippen LogP contribution >= 0.6 is 0 Å². The molecule has 1 heterocycles. The molecule has 0 aliphatic carbocycles. The fourth-order valence-electron chi connectivity index (χ4n) is 1.92. The second-order valence-electron chi connectivity index (χ2n) is 3.76. The first-order valence-corrected chi connectivity index (χ1v) is 5.22. The Morgan fingerprint density at radius 3 is 3.14 bits per heavy atom. The molecule has 1 aromatic rings. The molecule has 74 valence electrons. The molecule has 3 heteroatoms. The molecule has 0 unspecified atom stereocenters. The van der Waals surface area contributed by atoms with Crippen molar-refractivity contribution < 1.29 is 9.68 Å². The van der Waals surface area contributed by atoms with Gasteiger partial charge >= 0.3 is 7.12 Å². The number of hydrogen-bond donors (Lipinski definition) is 1. The summed E-state index contributed by atoms with van der Waals surface area (Å²) >= 11 is 0. The highest BCUT2D eigenvalue weighted by Crippen LogP contribution is 2.10. The van der Waals surface area contributed by atoms with Crippen LogP contribution in [0.25, 0.3) is 0 Å². The average Bonchev–Trinajstić information content (AvgIpc) is 2.20. The van der Waals surface area contributed by atoms with Gasteiger partial charge in [0.05, 0.1) is 0 Å². The minimum Gasteiger partial charge on any atom is -0.423 e. The molecule has 0 aromatic heterocycles. The quantitative estimate of drug-likeness (QED) is 0.702. The summed E-state index contributed by atoms with van der Waals surface area (Å²) in [5.74, 6) is 0. The van der Waals surface area contributed by atoms with E-state index in [9.17, 15) is 5.02 Å². The van der Waals surface area contributed by atoms with Crippen molar-refractivity contribution in [2.24, 2.45) is 0 Å². The van der Waals surface area contributed by atoms with Crippen LogP contribution in [-0.2, 0) is 17.5 Å². The van der Waals surface area contributed by atoms with Crippen molar-refractivity contribution in [2.75, 3.05) is 6.61 Å². The summed E-state index contributed by atoms with van der Waals surface area (Å²) in [6.07, 6.45) is 3.12. The lowest BCUT2D eigenvalue weighted by Gasteiger charge is -2.19. The predicted octanol–water partition coefficient (Wildman–Crippen LogP) is 0.899. The van der Waals surface area contributed by atoms with Crippen molar-refractivity contribution >= 4 is 12.6 Å². The maximum atomic E-state index is 9.63. The van der Waals surface area contributed by atoms with Gasteiger partial charge in [0.2, 0.25) is 0 Å². The molecule has 0 bridgehead atoms. The third kappa shape index (κ3) is 1.84. The second kappa shape index (κ2) is 4.15. The van der Waals surface area contributed by atoms with Crippen molar-refractivity contribution in [1.82, 2.24) is 0 Å². The largest absolute Gasteiger partial charge is 0.491 e. The first kappa shape index (κ1) is 9.75. The van der Waals surface area contributed by atoms with E-state index in [2.05, 4.69) is 25.1 Å². The summed E-state index contributed by atoms with van der Waals surface area (Å²) in [5, 5.41) is 9.63. The van der Waals surface area contributed by atoms with Crippen LogP contribution in [-0.4, -0.2) is 18.7 Å². The van der Waals surface area contributed by atoms with E-state index < -0.39 is 7.12 Å². The first-order chi connectivity index (χ1) is 6.81. The third-order valence-electron chi connectivity index (χ3n) is 2.66. The highest BCUT2D eigenvalue weighted by atomic mass is 16.5. The van der Waals surface area contributed by atoms with Gasteiger partial charge in [0.25, 0.3) is 0 Å². The Hall–Kier alpha value is -0.795. The Bertz CT molecular complexity index is 325. The fraction of sp³-hybridized carbons (Fsp3) is 0.455. The highest BCUT2D eigenvalue weighted by molar-refractivity contribution is 6.60. The molecule has 0 saturated heterocycles. The van der Waals surface area contributed by atoms with Gasteiger partial charge in [-0.3, -0.25) is 0 Å². The fourth-order valence-corrected chi connectivity index (χ4v) is 1.92. The van der Waals surface area contributed by atoms with Crippen LogP contribution in [0.5, 0.6) is 0 Å². The molecule has 1 aliphatic heterocycles. The van der Waals surface area contributed by atoms with Gasteiger partial charge in [-0.1, -0.05) is 31.5 Å². The van der Waals surface area contributed by atoms with Gasteiger partial charge in [0, 0.05) is 6.61 Å². The Kier molecular flexibility index (Phi) is 2.89. The average molecular weight is 190 g/mol. The second-order valence-corrected chi connectivity index (χ2v) is 3.76. The number of rotatable bonds is 2. The van der Waals surface area contributed by atoms with Crippen molar-refractivity contribution in [2.45, 2.75) is 26.2 Å². The number of benzene rings is 1. The first-order valence-electron chi connectivity index (χ1n) is 5.22. The van der Waals surface area contributed by atoms with E-state index in [1.807, 2.05) is 0 Å². The summed E-state index contributed by atoms with van der Waals surface area (Å²) in [6, 6.07) is 6.34. The van der Waals surface area contributed by atoms with E-state index in [-0.39, 0.29) is 0 Å². The van der Waals surface area contributed by atoms with Gasteiger partial charge in [-0.25, -0.2) is 0 Å². The molecule has 0 amide bonds. The topological polar surface area (TPSA) is 29.5 Å². The standard InChI is InChI=1S/C11H15BO2/c1-2-3-9-4-5-10-6-7-14-12(13)11(10)8-9/h4-5,8,13H,2-3,6-7H2,1H3. The monoisotopic (exact) mass is 190 g/mol. The van der Waals surface area contributed by atoms with Gasteiger partial charge < -0.3 is 9.68 Å². The van der Waals surface area contributed by atoms with E-state index in [0.717, 1.165) is 24.7 Å². The zero-order valence-electron chi connectivity index (χ0n) is 8.49. The van der Waals surface area contributed by atoms with Crippen LogP contribution in [0.1, 0.15) is 24.5 Å². The zero-order chi connectivity index (χ0) is 9.97. The molecule has 1 aliphatic rings. The smallest absolute Gasteiger partial charge is 0.423 e. The molecule has 2 rings (SSSR count). The molecule has 0 saturated carbocycles. The molecule has 1 aromatic carbocycles. The van der Waals surface area contributed by atoms with Crippen LogP contribution in [0.15, 0.2) is 18.2 Å². The molecular weight excluding hydrogens is 175 g/mol. The minimum absolute atomic E-state index is 0.626. The van der Waals surface area contributed by atoms with Crippen molar-refractivity contribution in [3.05, 3.63) is 29.3 Å². The van der Waals surface area contributed by atoms with Gasteiger partial charge in [0.1, 0.15) is 0 Å². The lowest BCUT2D eigenvalue weighted by Crippen LogP contribution is -2.41. The van der Waals surface area contributed by atoms with E-state index in [0.29, 0.717) is 6.61 Å². The van der Waals surface area contributed by atoms with Crippen molar-refractivity contribution in [1.29, 1.82) is 0 Å². The molecular formula is C11H15BO2. The maximum Gasteiger partial charge on any atom is 0.491 e. The third-order valence-corrected chi connectivity index (χ3v) is 2.66. The number of fused-ring (bicyclic) bond motifs is 1. The highest BCUT2D eigenvalue weighted by Gasteiger charge is 2.24. The van der Waals surface area contributed by atoms with Crippen molar-refractivity contribution in [3.63, 3.8) is 0 Å². The number of aryl methyl sites for hydroxylation is 1. The van der Waals surface area contributed by atoms with Crippen LogP contribution < -0.4 is 5.46 Å². The summed E-state index contributed by atoms with van der Waals surface area (Å²) in [5.41, 5.74) is 3.47. The zero-order valence-corrected chi connectivity index (χ0v) is 8.49. The van der Waals surface area contributed by atoms with Gasteiger partial charge in [0.15, 0.2) is 0 Å². The minimum atomic E-state index is -0.712. The lowest BCUT2D eigenvalue weighted by molar-refractivity contribution is 0.266. The van der Waals surface area contributed by atoms with E-state index in [4.69, 9.17) is 4.65 Å². The molecule has 14 heavy (non-hydrogen) atoms. The molecule has 0 fully saturated rings. The van der Waals surface area contributed by atoms with Gasteiger partial charge in [-0.2, -0.15) is 0 Å². The molecule has 0 radical (unpaired) electrons. The molecule has 1 N–H and O–H groups in total. The predicted molar refractivity (Wildman–Crippen MR) is 57.7 cm³/mol. The summed E-state index contributed by atoms with van der Waals surface area (Å²) in [7, 11) is -0.712. The SMILES string of the molecule is CCCc1ccc2c(c1)B(O)OCC2. The van der Waals surface area contributed by atoms with E-state index in [1.54, 1.807) is 0 Å². The number of hydrogen-bond acceptors (Lipinski definition) is 2. The Labute approximate surface area is 85.1 Å². The van der Waals surface area contributed by atoms with E-state index in [1.165, 1.54) is 11.1 Å². The Morgan fingerprint density at radius 1 is 1.50 bits per heavy atom. The van der Waals surface area contributed by atoms with Gasteiger partial charge in [-0.05, 0) is 29.4 Å². The van der Waals surface area contributed by atoms with Crippen LogP contribution in [0.3, 0.4) is 0 Å². The normalized spacial score (nSPS) is 15.4. The van der Waals surface area contributed by atoms with E-state index >= 15 is 0 Å². The van der Waals surface area contributed by atoms with Gasteiger partial charge in [-0.15, -0.1) is 0 Å². The van der Waals surface area contributed by atoms with Crippen molar-refractivity contribution in [3.8, 4) is 0 Å². The Morgan fingerprint density at radius 2 is 2.36 bits per heavy atom. The summed E-state index contributed by atoms with van der Waals surface area (Å²) in [6.45, 7) is 2.79. The molecule has 2 nitrogen and oxygen atoms in total. The summed E-state index contributed by atoms with van der Waals surface area (Å²) < 4.78 is 5.19. The molecule has 0 atom stereocenters. The maximum absolute atomic E-state index is 9.63. The summed E-state index contributed by atoms with van der Waals surface area (Å²) in [4.78, 5) is 0. The molecule has 0 spiro atoms. The van der Waals surface area contributed by atoms with Crippen LogP contribution in [0, 0.1) is 0 Å². The van der Waals surface area contributed by atoms with Crippen LogP contribution in [0.2, 0.25) is 0 Å². The Balaban J connectivity index is 2.31. The lowest BCUT2D eigenvalue weighted by atomic mass is 9.73. The van der Waals surface area contributed by atoms with Crippen LogP contribution in [0.4, 0.5) is 0 Å².